The molecule has 2 heterocycles. The maximum absolute atomic E-state index is 12.1. The molecule has 3 N–H and O–H groups in total. The number of rotatable bonds is 3. The zero-order valence-corrected chi connectivity index (χ0v) is 11.5. The summed E-state index contributed by atoms with van der Waals surface area (Å²) in [7, 11) is 0. The summed E-state index contributed by atoms with van der Waals surface area (Å²) in [4.78, 5) is 30.5. The number of hydrogen-bond acceptors (Lipinski definition) is 4. The number of H-pyrrole nitrogens is 1. The first-order chi connectivity index (χ1) is 8.88. The van der Waals surface area contributed by atoms with Crippen molar-refractivity contribution in [3.8, 4) is 0 Å². The minimum Gasteiger partial charge on any atom is -0.477 e. The summed E-state index contributed by atoms with van der Waals surface area (Å²) in [6.45, 7) is 5.29. The van der Waals surface area contributed by atoms with E-state index in [1.54, 1.807) is 19.9 Å². The largest absolute Gasteiger partial charge is 0.477 e. The van der Waals surface area contributed by atoms with E-state index < -0.39 is 5.97 Å². The summed E-state index contributed by atoms with van der Waals surface area (Å²) in [6, 6.07) is 1.59. The Kier molecular flexibility index (Phi) is 3.39. The van der Waals surface area contributed by atoms with Gasteiger partial charge in [0.05, 0.1) is 16.4 Å². The number of aromatic carboxylic acids is 1. The Morgan fingerprint density at radius 1 is 1.37 bits per heavy atom. The molecule has 7 heteroatoms. The van der Waals surface area contributed by atoms with Crippen LogP contribution < -0.4 is 5.32 Å². The van der Waals surface area contributed by atoms with Gasteiger partial charge < -0.3 is 15.4 Å². The Balaban J connectivity index is 2.29. The second-order valence-electron chi connectivity index (χ2n) is 4.15. The molecule has 0 saturated carbocycles. The first kappa shape index (κ1) is 13.3. The lowest BCUT2D eigenvalue weighted by atomic mass is 10.3. The quantitative estimate of drug-likeness (QED) is 0.803. The number of carboxylic acid groups (broad SMARTS) is 1. The summed E-state index contributed by atoms with van der Waals surface area (Å²) in [5.74, 6) is -1.45. The van der Waals surface area contributed by atoms with Crippen LogP contribution in [0.2, 0.25) is 0 Å². The van der Waals surface area contributed by atoms with Crippen molar-refractivity contribution in [3.05, 3.63) is 33.0 Å². The van der Waals surface area contributed by atoms with Gasteiger partial charge in [0.25, 0.3) is 5.91 Å². The van der Waals surface area contributed by atoms with Crippen LogP contribution in [0.3, 0.4) is 0 Å². The SMILES string of the molecule is Cc1cc(NC(=O)c2sc(C)nc2C)c(C(=O)O)[nH]1. The molecule has 0 aliphatic carbocycles. The molecule has 0 fully saturated rings. The van der Waals surface area contributed by atoms with Gasteiger partial charge in [-0.3, -0.25) is 4.79 Å². The number of carboxylic acids is 1. The number of thiazole rings is 1. The fourth-order valence-corrected chi connectivity index (χ4v) is 2.59. The molecule has 0 unspecified atom stereocenters. The molecular weight excluding hydrogens is 266 g/mol. The molecule has 2 rings (SSSR count). The van der Waals surface area contributed by atoms with Crippen LogP contribution in [0.4, 0.5) is 5.69 Å². The third-order valence-corrected chi connectivity index (χ3v) is 3.60. The zero-order chi connectivity index (χ0) is 14.2. The number of nitrogens with zero attached hydrogens (tertiary/aromatic N) is 1. The van der Waals surface area contributed by atoms with Crippen molar-refractivity contribution in [2.75, 3.05) is 5.32 Å². The van der Waals surface area contributed by atoms with Gasteiger partial charge in [0.1, 0.15) is 10.6 Å². The van der Waals surface area contributed by atoms with Gasteiger partial charge in [-0.05, 0) is 26.8 Å². The number of carbonyl (C=O) groups excluding carboxylic acids is 1. The zero-order valence-electron chi connectivity index (χ0n) is 10.7. The van der Waals surface area contributed by atoms with E-state index in [0.29, 0.717) is 16.3 Å². The maximum Gasteiger partial charge on any atom is 0.354 e. The van der Waals surface area contributed by atoms with Crippen LogP contribution in [0.1, 0.15) is 36.6 Å². The summed E-state index contributed by atoms with van der Waals surface area (Å²) < 4.78 is 0. The van der Waals surface area contributed by atoms with Gasteiger partial charge in [-0.2, -0.15) is 0 Å². The second-order valence-corrected chi connectivity index (χ2v) is 5.35. The van der Waals surface area contributed by atoms with Gasteiger partial charge >= 0.3 is 5.97 Å². The Hall–Kier alpha value is -2.15. The molecule has 0 radical (unpaired) electrons. The van der Waals surface area contributed by atoms with Crippen molar-refractivity contribution in [1.82, 2.24) is 9.97 Å². The van der Waals surface area contributed by atoms with Crippen molar-refractivity contribution in [3.63, 3.8) is 0 Å². The lowest BCUT2D eigenvalue weighted by Crippen LogP contribution is -2.13. The van der Waals surface area contributed by atoms with E-state index in [2.05, 4.69) is 15.3 Å². The third kappa shape index (κ3) is 2.65. The predicted molar refractivity (Wildman–Crippen MR) is 72.0 cm³/mol. The van der Waals surface area contributed by atoms with Crippen LogP contribution in [0, 0.1) is 20.8 Å². The van der Waals surface area contributed by atoms with E-state index >= 15 is 0 Å². The summed E-state index contributed by atoms with van der Waals surface area (Å²) in [5.41, 5.74) is 1.55. The Morgan fingerprint density at radius 2 is 2.05 bits per heavy atom. The third-order valence-electron chi connectivity index (χ3n) is 2.52. The standard InChI is InChI=1S/C12H13N3O3S/c1-5-4-8(9(13-5)12(17)18)15-11(16)10-6(2)14-7(3)19-10/h4,13H,1-3H3,(H,15,16)(H,17,18). The van der Waals surface area contributed by atoms with Gasteiger partial charge in [-0.1, -0.05) is 0 Å². The first-order valence-corrected chi connectivity index (χ1v) is 6.38. The number of nitrogens with one attached hydrogen (secondary N) is 2. The summed E-state index contributed by atoms with van der Waals surface area (Å²) in [5, 5.41) is 12.4. The van der Waals surface area contributed by atoms with Gasteiger partial charge in [0, 0.05) is 5.69 Å². The van der Waals surface area contributed by atoms with Crippen LogP contribution >= 0.6 is 11.3 Å². The predicted octanol–water partition coefficient (Wildman–Crippen LogP) is 2.35. The molecule has 0 aromatic carbocycles. The molecule has 2 aromatic heterocycles. The lowest BCUT2D eigenvalue weighted by Gasteiger charge is -2.02. The highest BCUT2D eigenvalue weighted by molar-refractivity contribution is 7.13. The molecule has 0 saturated heterocycles. The van der Waals surface area contributed by atoms with Gasteiger partial charge in [-0.15, -0.1) is 11.3 Å². The number of amides is 1. The van der Waals surface area contributed by atoms with E-state index in [-0.39, 0.29) is 17.3 Å². The molecule has 0 bridgehead atoms. The average Bonchev–Trinajstić information content (AvgIpc) is 2.81. The highest BCUT2D eigenvalue weighted by Crippen LogP contribution is 2.21. The van der Waals surface area contributed by atoms with Crippen molar-refractivity contribution in [2.24, 2.45) is 0 Å². The van der Waals surface area contributed by atoms with E-state index in [0.717, 1.165) is 5.01 Å². The van der Waals surface area contributed by atoms with E-state index in [1.807, 2.05) is 6.92 Å². The van der Waals surface area contributed by atoms with E-state index in [4.69, 9.17) is 5.11 Å². The molecule has 0 aliphatic rings. The molecule has 0 spiro atoms. The Labute approximate surface area is 113 Å². The van der Waals surface area contributed by atoms with E-state index in [1.165, 1.54) is 11.3 Å². The fourth-order valence-electron chi connectivity index (χ4n) is 1.78. The number of aromatic amines is 1. The smallest absolute Gasteiger partial charge is 0.354 e. The minimum atomic E-state index is -1.11. The first-order valence-electron chi connectivity index (χ1n) is 5.56. The molecule has 100 valence electrons. The minimum absolute atomic E-state index is 0.0234. The number of aryl methyl sites for hydroxylation is 3. The highest BCUT2D eigenvalue weighted by Gasteiger charge is 2.19. The fraction of sp³-hybridized carbons (Fsp3) is 0.250. The number of anilines is 1. The summed E-state index contributed by atoms with van der Waals surface area (Å²) >= 11 is 1.28. The molecule has 0 atom stereocenters. The van der Waals surface area contributed by atoms with Crippen LogP contribution in [0.15, 0.2) is 6.07 Å². The second kappa shape index (κ2) is 4.85. The number of aromatic nitrogens is 2. The van der Waals surface area contributed by atoms with Gasteiger partial charge in [-0.25, -0.2) is 9.78 Å². The average molecular weight is 279 g/mol. The normalized spacial score (nSPS) is 10.5. The monoisotopic (exact) mass is 279 g/mol. The molecule has 2 aromatic rings. The molecule has 6 nitrogen and oxygen atoms in total. The van der Waals surface area contributed by atoms with Gasteiger partial charge in [0.2, 0.25) is 0 Å². The Bertz CT molecular complexity index is 657. The summed E-state index contributed by atoms with van der Waals surface area (Å²) in [6.07, 6.45) is 0. The van der Waals surface area contributed by atoms with E-state index in [9.17, 15) is 9.59 Å². The maximum atomic E-state index is 12.1. The molecule has 0 aliphatic heterocycles. The van der Waals surface area contributed by atoms with Crippen LogP contribution in [-0.4, -0.2) is 27.0 Å². The van der Waals surface area contributed by atoms with Crippen LogP contribution in [0.25, 0.3) is 0 Å². The molecule has 1 amide bonds. The van der Waals surface area contributed by atoms with Crippen molar-refractivity contribution in [1.29, 1.82) is 0 Å². The van der Waals surface area contributed by atoms with Gasteiger partial charge in [0.15, 0.2) is 0 Å². The Morgan fingerprint density at radius 3 is 2.58 bits per heavy atom. The molecule has 19 heavy (non-hydrogen) atoms. The molecular formula is C12H13N3O3S. The highest BCUT2D eigenvalue weighted by atomic mass is 32.1. The lowest BCUT2D eigenvalue weighted by molar-refractivity contribution is 0.0692. The van der Waals surface area contributed by atoms with Crippen molar-refractivity contribution < 1.29 is 14.7 Å². The number of carbonyl (C=O) groups is 2. The topological polar surface area (TPSA) is 95.1 Å². The van der Waals surface area contributed by atoms with Crippen LogP contribution in [-0.2, 0) is 0 Å². The van der Waals surface area contributed by atoms with Crippen molar-refractivity contribution >= 4 is 28.9 Å². The number of hydrogen-bond donors (Lipinski definition) is 3. The van der Waals surface area contributed by atoms with Crippen molar-refractivity contribution in [2.45, 2.75) is 20.8 Å². The van der Waals surface area contributed by atoms with Crippen LogP contribution in [0.5, 0.6) is 0 Å².